The zero-order valence-electron chi connectivity index (χ0n) is 12.9. The second-order valence-corrected chi connectivity index (χ2v) is 5.50. The number of benzene rings is 1. The van der Waals surface area contributed by atoms with Crippen molar-refractivity contribution in [3.8, 4) is 5.75 Å². The number of nitrogens with zero attached hydrogens (tertiary/aromatic N) is 2. The second kappa shape index (κ2) is 6.37. The average Bonchev–Trinajstić information content (AvgIpc) is 2.57. The minimum Gasteiger partial charge on any atom is -0.482 e. The van der Waals surface area contributed by atoms with Gasteiger partial charge in [-0.05, 0) is 25.1 Å². The number of carbonyl (C=O) groups is 3. The number of carbonyl (C=O) groups excluding carboxylic acids is 3. The van der Waals surface area contributed by atoms with Gasteiger partial charge in [0.1, 0.15) is 12.3 Å². The van der Waals surface area contributed by atoms with E-state index < -0.39 is 0 Å². The minimum atomic E-state index is -0.292. The molecule has 3 rings (SSSR count). The number of ketones is 1. The number of amides is 2. The van der Waals surface area contributed by atoms with Gasteiger partial charge in [0.25, 0.3) is 5.91 Å². The Morgan fingerprint density at radius 2 is 1.96 bits per heavy atom. The number of Topliss-reactive ketones (excluding diaryl/α,β-unsaturated/α-hetero) is 1. The number of rotatable bonds is 3. The molecule has 23 heavy (non-hydrogen) atoms. The van der Waals surface area contributed by atoms with Gasteiger partial charge in [0.05, 0.1) is 18.9 Å². The summed E-state index contributed by atoms with van der Waals surface area (Å²) < 4.78 is 10.6. The standard InChI is InChI=1S/C16H18N2O5/c1-11(19)12-2-3-14-13(8-12)18(16(21)10-23-14)9-15(20)17-4-6-22-7-5-17/h2-3,8H,4-7,9-10H2,1H3. The van der Waals surface area contributed by atoms with Gasteiger partial charge in [0, 0.05) is 18.7 Å². The summed E-state index contributed by atoms with van der Waals surface area (Å²) in [5, 5.41) is 0. The van der Waals surface area contributed by atoms with Crippen LogP contribution < -0.4 is 9.64 Å². The molecule has 7 nitrogen and oxygen atoms in total. The highest BCUT2D eigenvalue weighted by Crippen LogP contribution is 2.33. The molecule has 2 heterocycles. The van der Waals surface area contributed by atoms with Crippen molar-refractivity contribution in [1.29, 1.82) is 0 Å². The molecule has 1 aromatic carbocycles. The summed E-state index contributed by atoms with van der Waals surface area (Å²) >= 11 is 0. The van der Waals surface area contributed by atoms with Gasteiger partial charge >= 0.3 is 0 Å². The molecule has 0 N–H and O–H groups in total. The van der Waals surface area contributed by atoms with E-state index in [4.69, 9.17) is 9.47 Å². The Morgan fingerprint density at radius 3 is 2.65 bits per heavy atom. The fourth-order valence-corrected chi connectivity index (χ4v) is 2.64. The molecule has 0 bridgehead atoms. The van der Waals surface area contributed by atoms with E-state index in [1.807, 2.05) is 0 Å². The molecule has 0 spiro atoms. The highest BCUT2D eigenvalue weighted by atomic mass is 16.5. The number of morpholine rings is 1. The van der Waals surface area contributed by atoms with Crippen LogP contribution in [0.4, 0.5) is 5.69 Å². The summed E-state index contributed by atoms with van der Waals surface area (Å²) in [6.45, 7) is 3.35. The molecule has 2 aliphatic heterocycles. The SMILES string of the molecule is CC(=O)c1ccc2c(c1)N(CC(=O)N1CCOCC1)C(=O)CO2. The van der Waals surface area contributed by atoms with Gasteiger partial charge in [-0.2, -0.15) is 0 Å². The maximum atomic E-state index is 12.4. The van der Waals surface area contributed by atoms with Crippen LogP contribution in [0.2, 0.25) is 0 Å². The first kappa shape index (κ1) is 15.5. The van der Waals surface area contributed by atoms with Crippen molar-refractivity contribution in [3.05, 3.63) is 23.8 Å². The number of fused-ring (bicyclic) bond motifs is 1. The van der Waals surface area contributed by atoms with E-state index in [2.05, 4.69) is 0 Å². The van der Waals surface area contributed by atoms with Gasteiger partial charge in [0.15, 0.2) is 12.4 Å². The van der Waals surface area contributed by atoms with Crippen LogP contribution in [0.5, 0.6) is 5.75 Å². The van der Waals surface area contributed by atoms with Gasteiger partial charge in [-0.15, -0.1) is 0 Å². The van der Waals surface area contributed by atoms with Crippen LogP contribution in [0.25, 0.3) is 0 Å². The first-order valence-electron chi connectivity index (χ1n) is 7.50. The first-order valence-corrected chi connectivity index (χ1v) is 7.50. The van der Waals surface area contributed by atoms with Gasteiger partial charge in [-0.1, -0.05) is 0 Å². The lowest BCUT2D eigenvalue weighted by molar-refractivity contribution is -0.135. The zero-order valence-corrected chi connectivity index (χ0v) is 12.9. The molecule has 122 valence electrons. The smallest absolute Gasteiger partial charge is 0.265 e. The van der Waals surface area contributed by atoms with E-state index in [0.717, 1.165) is 0 Å². The van der Waals surface area contributed by atoms with Crippen molar-refractivity contribution in [3.63, 3.8) is 0 Å². The van der Waals surface area contributed by atoms with Crippen molar-refractivity contribution in [2.24, 2.45) is 0 Å². The summed E-state index contributed by atoms with van der Waals surface area (Å²) in [5.41, 5.74) is 0.946. The van der Waals surface area contributed by atoms with Gasteiger partial charge < -0.3 is 14.4 Å². The highest BCUT2D eigenvalue weighted by molar-refractivity contribution is 6.04. The fraction of sp³-hybridized carbons (Fsp3) is 0.438. The Kier molecular flexibility index (Phi) is 4.29. The predicted molar refractivity (Wildman–Crippen MR) is 81.7 cm³/mol. The topological polar surface area (TPSA) is 76.2 Å². The summed E-state index contributed by atoms with van der Waals surface area (Å²) in [7, 11) is 0. The van der Waals surface area contributed by atoms with E-state index in [9.17, 15) is 14.4 Å². The molecule has 7 heteroatoms. The van der Waals surface area contributed by atoms with Crippen LogP contribution in [0, 0.1) is 0 Å². The molecule has 0 saturated carbocycles. The largest absolute Gasteiger partial charge is 0.482 e. The van der Waals surface area contributed by atoms with E-state index in [0.29, 0.717) is 43.3 Å². The molecular formula is C16H18N2O5. The summed E-state index contributed by atoms with van der Waals surface area (Å²) in [5.74, 6) is -0.0304. The van der Waals surface area contributed by atoms with Crippen molar-refractivity contribution >= 4 is 23.3 Å². The molecular weight excluding hydrogens is 300 g/mol. The second-order valence-electron chi connectivity index (χ2n) is 5.50. The normalized spacial score (nSPS) is 17.5. The third kappa shape index (κ3) is 3.19. The minimum absolute atomic E-state index is 0.0590. The monoisotopic (exact) mass is 318 g/mol. The van der Waals surface area contributed by atoms with E-state index in [-0.39, 0.29) is 30.7 Å². The van der Waals surface area contributed by atoms with Crippen LogP contribution in [0.1, 0.15) is 17.3 Å². The van der Waals surface area contributed by atoms with Gasteiger partial charge in [-0.25, -0.2) is 0 Å². The van der Waals surface area contributed by atoms with Crippen LogP contribution in [-0.2, 0) is 14.3 Å². The molecule has 0 unspecified atom stereocenters. The Bertz CT molecular complexity index is 652. The first-order chi connectivity index (χ1) is 11.1. The summed E-state index contributed by atoms with van der Waals surface area (Å²) in [4.78, 5) is 39.2. The molecule has 0 aromatic heterocycles. The quantitative estimate of drug-likeness (QED) is 0.758. The lowest BCUT2D eigenvalue weighted by atomic mass is 10.1. The lowest BCUT2D eigenvalue weighted by Crippen LogP contribution is -2.49. The fourth-order valence-electron chi connectivity index (χ4n) is 2.64. The zero-order chi connectivity index (χ0) is 16.4. The van der Waals surface area contributed by atoms with E-state index in [1.165, 1.54) is 11.8 Å². The van der Waals surface area contributed by atoms with Crippen LogP contribution in [-0.4, -0.2) is 62.0 Å². The van der Waals surface area contributed by atoms with Crippen molar-refractivity contribution < 1.29 is 23.9 Å². The molecule has 1 aromatic rings. The van der Waals surface area contributed by atoms with Gasteiger partial charge in [0.2, 0.25) is 5.91 Å². The molecule has 0 atom stereocenters. The molecule has 1 saturated heterocycles. The molecule has 2 aliphatic rings. The number of hydrogen-bond acceptors (Lipinski definition) is 5. The molecule has 2 amide bonds. The summed E-state index contributed by atoms with van der Waals surface area (Å²) in [6, 6.07) is 4.91. The Morgan fingerprint density at radius 1 is 1.22 bits per heavy atom. The predicted octanol–water partition coefficient (Wildman–Crippen LogP) is 0.473. The lowest BCUT2D eigenvalue weighted by Gasteiger charge is -2.32. The van der Waals surface area contributed by atoms with Crippen LogP contribution >= 0.6 is 0 Å². The Hall–Kier alpha value is -2.41. The molecule has 0 aliphatic carbocycles. The van der Waals surface area contributed by atoms with E-state index >= 15 is 0 Å². The molecule has 0 radical (unpaired) electrons. The Balaban J connectivity index is 1.84. The highest BCUT2D eigenvalue weighted by Gasteiger charge is 2.29. The van der Waals surface area contributed by atoms with E-state index in [1.54, 1.807) is 23.1 Å². The number of ether oxygens (including phenoxy) is 2. The van der Waals surface area contributed by atoms with Crippen LogP contribution in [0.15, 0.2) is 18.2 Å². The molecule has 1 fully saturated rings. The summed E-state index contributed by atoms with van der Waals surface area (Å²) in [6.07, 6.45) is 0. The van der Waals surface area contributed by atoms with Crippen molar-refractivity contribution in [2.45, 2.75) is 6.92 Å². The van der Waals surface area contributed by atoms with Crippen molar-refractivity contribution in [2.75, 3.05) is 44.4 Å². The number of anilines is 1. The third-order valence-corrected chi connectivity index (χ3v) is 3.97. The maximum Gasteiger partial charge on any atom is 0.265 e. The average molecular weight is 318 g/mol. The number of hydrogen-bond donors (Lipinski definition) is 0. The van der Waals surface area contributed by atoms with Crippen molar-refractivity contribution in [1.82, 2.24) is 4.90 Å². The Labute approximate surface area is 133 Å². The van der Waals surface area contributed by atoms with Crippen LogP contribution in [0.3, 0.4) is 0 Å². The maximum absolute atomic E-state index is 12.4. The third-order valence-electron chi connectivity index (χ3n) is 3.97. The van der Waals surface area contributed by atoms with Gasteiger partial charge in [-0.3, -0.25) is 19.3 Å².